The van der Waals surface area contributed by atoms with Crippen LogP contribution in [0.4, 0.5) is 0 Å². The van der Waals surface area contributed by atoms with Gasteiger partial charge >= 0.3 is 0 Å². The van der Waals surface area contributed by atoms with E-state index < -0.39 is 0 Å². The summed E-state index contributed by atoms with van der Waals surface area (Å²) >= 11 is 0. The van der Waals surface area contributed by atoms with Crippen molar-refractivity contribution in [2.75, 3.05) is 0 Å². The van der Waals surface area contributed by atoms with Crippen LogP contribution in [-0.2, 0) is 6.54 Å². The van der Waals surface area contributed by atoms with Gasteiger partial charge in [-0.3, -0.25) is 0 Å². The summed E-state index contributed by atoms with van der Waals surface area (Å²) in [6, 6.07) is 4.23. The van der Waals surface area contributed by atoms with E-state index in [2.05, 4.69) is 39.1 Å². The molecule has 0 aliphatic carbocycles. The van der Waals surface area contributed by atoms with Gasteiger partial charge in [0, 0.05) is 24.5 Å². The third kappa shape index (κ3) is 3.30. The molecule has 0 bridgehead atoms. The Kier molecular flexibility index (Phi) is 3.94. The maximum Gasteiger partial charge on any atom is 0.178 e. The van der Waals surface area contributed by atoms with Gasteiger partial charge in [-0.05, 0) is 19.1 Å². The predicted octanol–water partition coefficient (Wildman–Crippen LogP) is 1.74. The van der Waals surface area contributed by atoms with Crippen LogP contribution in [0.2, 0.25) is 0 Å². The van der Waals surface area contributed by atoms with E-state index in [-0.39, 0.29) is 0 Å². The fraction of sp³-hybridized carbons (Fsp3) is 0.385. The first kappa shape index (κ1) is 12.6. The normalized spacial score (nSPS) is 10.9. The van der Waals surface area contributed by atoms with Gasteiger partial charge in [-0.15, -0.1) is 0 Å². The van der Waals surface area contributed by atoms with Crippen molar-refractivity contribution < 1.29 is 0 Å². The fourth-order valence-corrected chi connectivity index (χ4v) is 1.57. The van der Waals surface area contributed by atoms with Crippen LogP contribution < -0.4 is 5.32 Å². The Balaban J connectivity index is 2.27. The molecule has 0 aliphatic heterocycles. The van der Waals surface area contributed by atoms with Crippen LogP contribution >= 0.6 is 0 Å². The van der Waals surface area contributed by atoms with Crippen molar-refractivity contribution >= 4 is 0 Å². The molecule has 2 heterocycles. The van der Waals surface area contributed by atoms with E-state index in [1.807, 2.05) is 19.1 Å². The first-order chi connectivity index (χ1) is 8.65. The van der Waals surface area contributed by atoms with Crippen molar-refractivity contribution in [3.63, 3.8) is 0 Å². The minimum absolute atomic E-state index is 0.433. The van der Waals surface area contributed by atoms with E-state index in [1.54, 1.807) is 6.20 Å². The van der Waals surface area contributed by atoms with Crippen molar-refractivity contribution in [2.45, 2.75) is 33.4 Å². The number of nitrogens with one attached hydrogen (secondary N) is 1. The lowest BCUT2D eigenvalue weighted by Gasteiger charge is -2.09. The summed E-state index contributed by atoms with van der Waals surface area (Å²) in [5.41, 5.74) is 2.67. The Morgan fingerprint density at radius 3 is 2.78 bits per heavy atom. The molecule has 0 saturated carbocycles. The number of aromatic nitrogens is 4. The molecule has 2 aromatic rings. The van der Waals surface area contributed by atoms with Crippen molar-refractivity contribution in [2.24, 2.45) is 0 Å². The molecule has 2 aromatic heterocycles. The van der Waals surface area contributed by atoms with E-state index in [4.69, 9.17) is 0 Å². The van der Waals surface area contributed by atoms with Gasteiger partial charge in [0.15, 0.2) is 5.82 Å². The van der Waals surface area contributed by atoms with Gasteiger partial charge in [0.05, 0.1) is 5.69 Å². The summed E-state index contributed by atoms with van der Waals surface area (Å²) < 4.78 is 0. The van der Waals surface area contributed by atoms with Crippen LogP contribution in [0, 0.1) is 6.92 Å². The number of hydrogen-bond acceptors (Lipinski definition) is 5. The molecule has 0 aliphatic rings. The van der Waals surface area contributed by atoms with E-state index >= 15 is 0 Å². The monoisotopic (exact) mass is 243 g/mol. The SMILES string of the molecule is Cc1cc(CNC(C)C)nc(-c2ccncn2)n1. The highest BCUT2D eigenvalue weighted by atomic mass is 15.0. The van der Waals surface area contributed by atoms with Gasteiger partial charge < -0.3 is 5.32 Å². The second kappa shape index (κ2) is 5.64. The lowest BCUT2D eigenvalue weighted by Crippen LogP contribution is -2.22. The first-order valence-electron chi connectivity index (χ1n) is 5.99. The maximum atomic E-state index is 4.51. The van der Waals surface area contributed by atoms with Crippen LogP contribution in [0.1, 0.15) is 25.2 Å². The van der Waals surface area contributed by atoms with Crippen molar-refractivity contribution in [1.82, 2.24) is 25.3 Å². The minimum Gasteiger partial charge on any atom is -0.309 e. The zero-order chi connectivity index (χ0) is 13.0. The molecule has 94 valence electrons. The fourth-order valence-electron chi connectivity index (χ4n) is 1.57. The summed E-state index contributed by atoms with van der Waals surface area (Å²) in [4.78, 5) is 17.0. The van der Waals surface area contributed by atoms with Crippen LogP contribution in [0.15, 0.2) is 24.7 Å². The lowest BCUT2D eigenvalue weighted by atomic mass is 10.3. The zero-order valence-corrected chi connectivity index (χ0v) is 10.9. The summed E-state index contributed by atoms with van der Waals surface area (Å²) in [7, 11) is 0. The second-order valence-electron chi connectivity index (χ2n) is 4.45. The highest BCUT2D eigenvalue weighted by Crippen LogP contribution is 2.12. The van der Waals surface area contributed by atoms with Gasteiger partial charge in [0.2, 0.25) is 0 Å². The number of aryl methyl sites for hydroxylation is 1. The van der Waals surface area contributed by atoms with Crippen LogP contribution in [0.5, 0.6) is 0 Å². The molecule has 5 heteroatoms. The third-order valence-corrected chi connectivity index (χ3v) is 2.41. The molecule has 0 aromatic carbocycles. The first-order valence-corrected chi connectivity index (χ1v) is 5.99. The Bertz CT molecular complexity index is 510. The third-order valence-electron chi connectivity index (χ3n) is 2.41. The summed E-state index contributed by atoms with van der Waals surface area (Å²) in [6.45, 7) is 6.92. The Morgan fingerprint density at radius 1 is 1.28 bits per heavy atom. The molecule has 18 heavy (non-hydrogen) atoms. The molecule has 0 spiro atoms. The average molecular weight is 243 g/mol. The van der Waals surface area contributed by atoms with Gasteiger partial charge in [-0.25, -0.2) is 19.9 Å². The molecule has 1 N–H and O–H groups in total. The molecule has 0 saturated heterocycles. The zero-order valence-electron chi connectivity index (χ0n) is 10.9. The number of hydrogen-bond donors (Lipinski definition) is 1. The molecular weight excluding hydrogens is 226 g/mol. The molecule has 0 radical (unpaired) electrons. The van der Waals surface area contributed by atoms with E-state index in [9.17, 15) is 0 Å². The molecule has 0 amide bonds. The smallest absolute Gasteiger partial charge is 0.178 e. The highest BCUT2D eigenvalue weighted by Gasteiger charge is 2.06. The Hall–Kier alpha value is -1.88. The Labute approximate surface area is 107 Å². The maximum absolute atomic E-state index is 4.51. The molecule has 0 fully saturated rings. The minimum atomic E-state index is 0.433. The van der Waals surface area contributed by atoms with E-state index in [0.717, 1.165) is 23.6 Å². The quantitative estimate of drug-likeness (QED) is 0.886. The van der Waals surface area contributed by atoms with E-state index in [0.29, 0.717) is 11.9 Å². The van der Waals surface area contributed by atoms with Crippen LogP contribution in [0.25, 0.3) is 11.5 Å². The Morgan fingerprint density at radius 2 is 2.11 bits per heavy atom. The molecule has 5 nitrogen and oxygen atoms in total. The number of rotatable bonds is 4. The standard InChI is InChI=1S/C13H17N5/c1-9(2)15-7-11-6-10(3)17-13(18-11)12-4-5-14-8-16-12/h4-6,8-9,15H,7H2,1-3H3. The van der Waals surface area contributed by atoms with Gasteiger partial charge in [-0.2, -0.15) is 0 Å². The van der Waals surface area contributed by atoms with Crippen molar-refractivity contribution in [3.8, 4) is 11.5 Å². The summed E-state index contributed by atoms with van der Waals surface area (Å²) in [6.07, 6.45) is 3.20. The molecule has 0 unspecified atom stereocenters. The van der Waals surface area contributed by atoms with Gasteiger partial charge in [0.25, 0.3) is 0 Å². The van der Waals surface area contributed by atoms with Crippen LogP contribution in [-0.4, -0.2) is 26.0 Å². The van der Waals surface area contributed by atoms with E-state index in [1.165, 1.54) is 6.33 Å². The van der Waals surface area contributed by atoms with Gasteiger partial charge in [-0.1, -0.05) is 13.8 Å². The topological polar surface area (TPSA) is 63.6 Å². The lowest BCUT2D eigenvalue weighted by molar-refractivity contribution is 0.580. The average Bonchev–Trinajstić information content (AvgIpc) is 2.37. The summed E-state index contributed by atoms with van der Waals surface area (Å²) in [5, 5.41) is 3.34. The largest absolute Gasteiger partial charge is 0.309 e. The molecular formula is C13H17N5. The molecule has 2 rings (SSSR count). The van der Waals surface area contributed by atoms with Gasteiger partial charge in [0.1, 0.15) is 12.0 Å². The van der Waals surface area contributed by atoms with Crippen LogP contribution in [0.3, 0.4) is 0 Å². The number of nitrogens with zero attached hydrogens (tertiary/aromatic N) is 4. The molecule has 0 atom stereocenters. The second-order valence-corrected chi connectivity index (χ2v) is 4.45. The summed E-state index contributed by atoms with van der Waals surface area (Å²) in [5.74, 6) is 0.651. The van der Waals surface area contributed by atoms with Crippen molar-refractivity contribution in [3.05, 3.63) is 36.0 Å². The van der Waals surface area contributed by atoms with Crippen molar-refractivity contribution in [1.29, 1.82) is 0 Å². The highest BCUT2D eigenvalue weighted by molar-refractivity contribution is 5.48. The predicted molar refractivity (Wildman–Crippen MR) is 69.8 cm³/mol.